The Balaban J connectivity index is 1.86. The maximum Gasteiger partial charge on any atom is 0.258 e. The number of hydrogen-bond donors (Lipinski definition) is 1. The van der Waals surface area contributed by atoms with Crippen LogP contribution in [0, 0.1) is 0 Å². The number of dihydropyridines is 1. The van der Waals surface area contributed by atoms with E-state index in [1.54, 1.807) is 11.0 Å². The first-order valence-corrected chi connectivity index (χ1v) is 7.32. The van der Waals surface area contributed by atoms with Gasteiger partial charge in [-0.05, 0) is 5.56 Å². The van der Waals surface area contributed by atoms with Crippen LogP contribution >= 0.6 is 0 Å². The van der Waals surface area contributed by atoms with E-state index in [0.29, 0.717) is 13.2 Å². The van der Waals surface area contributed by atoms with Gasteiger partial charge < -0.3 is 9.64 Å². The molecule has 1 aromatic rings. The fraction of sp³-hybridized carbons (Fsp3) is 0.235. The molecule has 6 nitrogen and oxygen atoms in total. The maximum absolute atomic E-state index is 12.6. The Morgan fingerprint density at radius 1 is 1.35 bits per heavy atom. The van der Waals surface area contributed by atoms with Gasteiger partial charge in [0.1, 0.15) is 18.3 Å². The molecule has 2 aliphatic rings. The van der Waals surface area contributed by atoms with Crippen molar-refractivity contribution in [3.8, 4) is 0 Å². The van der Waals surface area contributed by atoms with Crippen molar-refractivity contribution in [1.82, 2.24) is 10.2 Å². The molecule has 1 N–H and O–H groups in total. The van der Waals surface area contributed by atoms with Crippen LogP contribution in [0.5, 0.6) is 0 Å². The predicted octanol–water partition coefficient (Wildman–Crippen LogP) is 1.01. The van der Waals surface area contributed by atoms with Gasteiger partial charge in [0, 0.05) is 6.54 Å². The summed E-state index contributed by atoms with van der Waals surface area (Å²) >= 11 is 0. The monoisotopic (exact) mass is 311 g/mol. The van der Waals surface area contributed by atoms with Crippen LogP contribution in [0.3, 0.4) is 0 Å². The number of fused-ring (bicyclic) bond motifs is 1. The zero-order valence-corrected chi connectivity index (χ0v) is 12.6. The Hall–Kier alpha value is -2.73. The highest BCUT2D eigenvalue weighted by molar-refractivity contribution is 6.36. The van der Waals surface area contributed by atoms with Crippen molar-refractivity contribution in [2.75, 3.05) is 13.2 Å². The summed E-state index contributed by atoms with van der Waals surface area (Å²) in [6.45, 7) is 4.61. The van der Waals surface area contributed by atoms with Gasteiger partial charge in [-0.15, -0.1) is 6.58 Å². The fourth-order valence-electron chi connectivity index (χ4n) is 2.52. The van der Waals surface area contributed by atoms with E-state index < -0.39 is 6.17 Å². The highest BCUT2D eigenvalue weighted by Crippen LogP contribution is 2.23. The van der Waals surface area contributed by atoms with Crippen molar-refractivity contribution >= 4 is 17.9 Å². The standard InChI is InChI=1S/C17H17N3O3/c1-2-8-20-11-19-16-14(17(20)22)15(13(21)9-18-16)23-10-12-6-4-3-5-7-12/h2-7,9,16,19H,1,8,10-11H2. The van der Waals surface area contributed by atoms with Gasteiger partial charge in [-0.25, -0.2) is 0 Å². The van der Waals surface area contributed by atoms with Gasteiger partial charge in [0.25, 0.3) is 5.91 Å². The molecule has 0 spiro atoms. The van der Waals surface area contributed by atoms with Crippen LogP contribution in [-0.2, 0) is 20.9 Å². The Bertz CT molecular complexity index is 694. The normalized spacial score (nSPS) is 20.5. The third-order valence-corrected chi connectivity index (χ3v) is 3.65. The van der Waals surface area contributed by atoms with Gasteiger partial charge in [0.15, 0.2) is 5.76 Å². The number of rotatable bonds is 5. The minimum absolute atomic E-state index is 0.0696. The molecule has 0 bridgehead atoms. The highest BCUT2D eigenvalue weighted by atomic mass is 16.5. The molecule has 118 valence electrons. The molecule has 1 unspecified atom stereocenters. The van der Waals surface area contributed by atoms with E-state index >= 15 is 0 Å². The molecular formula is C17H17N3O3. The summed E-state index contributed by atoms with van der Waals surface area (Å²) in [5, 5.41) is 3.10. The summed E-state index contributed by atoms with van der Waals surface area (Å²) in [6, 6.07) is 9.48. The number of Topliss-reactive ketones (excluding diaryl/α,β-unsaturated/α-hetero) is 1. The lowest BCUT2D eigenvalue weighted by Gasteiger charge is -2.34. The van der Waals surface area contributed by atoms with Gasteiger partial charge >= 0.3 is 0 Å². The number of allylic oxidation sites excluding steroid dienone is 1. The summed E-state index contributed by atoms with van der Waals surface area (Å²) in [5.74, 6) is -0.565. The average molecular weight is 311 g/mol. The number of aliphatic imine (C=N–C) groups is 1. The van der Waals surface area contributed by atoms with Gasteiger partial charge in [0.2, 0.25) is 5.78 Å². The highest BCUT2D eigenvalue weighted by Gasteiger charge is 2.37. The second kappa shape index (κ2) is 6.58. The number of benzene rings is 1. The first-order chi connectivity index (χ1) is 11.2. The first kappa shape index (κ1) is 15.2. The third-order valence-electron chi connectivity index (χ3n) is 3.65. The van der Waals surface area contributed by atoms with Crippen molar-refractivity contribution < 1.29 is 14.3 Å². The van der Waals surface area contributed by atoms with E-state index in [9.17, 15) is 9.59 Å². The second-order valence-electron chi connectivity index (χ2n) is 5.24. The molecule has 1 atom stereocenters. The zero-order valence-electron chi connectivity index (χ0n) is 12.6. The van der Waals surface area contributed by atoms with Gasteiger partial charge in [-0.1, -0.05) is 36.4 Å². The molecule has 0 aromatic heterocycles. The van der Waals surface area contributed by atoms with Crippen LogP contribution in [0.15, 0.2) is 59.3 Å². The fourth-order valence-corrected chi connectivity index (χ4v) is 2.52. The summed E-state index contributed by atoms with van der Waals surface area (Å²) < 4.78 is 5.67. The van der Waals surface area contributed by atoms with Gasteiger partial charge in [-0.3, -0.25) is 19.9 Å². The molecule has 3 rings (SSSR count). The second-order valence-corrected chi connectivity index (χ2v) is 5.24. The minimum Gasteiger partial charge on any atom is -0.484 e. The third kappa shape index (κ3) is 3.07. The SMILES string of the molecule is C=CCN1CNC2N=CC(=O)C(OCc3ccccc3)=C2C1=O. The summed E-state index contributed by atoms with van der Waals surface area (Å²) in [5.41, 5.74) is 1.19. The molecular weight excluding hydrogens is 294 g/mol. The van der Waals surface area contributed by atoms with Crippen molar-refractivity contribution in [3.05, 3.63) is 59.9 Å². The topological polar surface area (TPSA) is 71.0 Å². The van der Waals surface area contributed by atoms with Crippen LogP contribution in [-0.4, -0.2) is 42.2 Å². The number of carbonyl (C=O) groups excluding carboxylic acids is 2. The minimum atomic E-state index is -0.535. The lowest BCUT2D eigenvalue weighted by atomic mass is 10.0. The largest absolute Gasteiger partial charge is 0.484 e. The molecule has 1 amide bonds. The lowest BCUT2D eigenvalue weighted by molar-refractivity contribution is -0.130. The van der Waals surface area contributed by atoms with E-state index in [0.717, 1.165) is 5.56 Å². The smallest absolute Gasteiger partial charge is 0.258 e. The molecule has 1 fully saturated rings. The van der Waals surface area contributed by atoms with Gasteiger partial charge in [0.05, 0.1) is 12.9 Å². The zero-order chi connectivity index (χ0) is 16.2. The molecule has 1 aromatic carbocycles. The summed E-state index contributed by atoms with van der Waals surface area (Å²) in [4.78, 5) is 30.4. The molecule has 2 heterocycles. The number of ether oxygens (including phenoxy) is 1. The van der Waals surface area contributed by atoms with Crippen LogP contribution in [0.2, 0.25) is 0 Å². The quantitative estimate of drug-likeness (QED) is 0.824. The van der Waals surface area contributed by atoms with E-state index in [1.807, 2.05) is 30.3 Å². The number of nitrogens with one attached hydrogen (secondary N) is 1. The van der Waals surface area contributed by atoms with Crippen LogP contribution in [0.4, 0.5) is 0 Å². The number of nitrogens with zero attached hydrogens (tertiary/aromatic N) is 2. The molecule has 1 saturated heterocycles. The Labute approximate surface area is 134 Å². The maximum atomic E-state index is 12.6. The molecule has 0 radical (unpaired) electrons. The Kier molecular flexibility index (Phi) is 4.34. The van der Waals surface area contributed by atoms with Crippen LogP contribution in [0.1, 0.15) is 5.56 Å². The van der Waals surface area contributed by atoms with E-state index in [4.69, 9.17) is 4.74 Å². The Morgan fingerprint density at radius 3 is 2.87 bits per heavy atom. The van der Waals surface area contributed by atoms with E-state index in [2.05, 4.69) is 16.9 Å². The summed E-state index contributed by atoms with van der Waals surface area (Å²) in [7, 11) is 0. The van der Waals surface area contributed by atoms with Crippen LogP contribution < -0.4 is 5.32 Å². The summed E-state index contributed by atoms with van der Waals surface area (Å²) in [6.07, 6.45) is 2.31. The average Bonchev–Trinajstić information content (AvgIpc) is 2.58. The van der Waals surface area contributed by atoms with E-state index in [-0.39, 0.29) is 29.6 Å². The lowest BCUT2D eigenvalue weighted by Crippen LogP contribution is -2.54. The number of ketones is 1. The molecule has 23 heavy (non-hydrogen) atoms. The molecule has 6 heteroatoms. The van der Waals surface area contributed by atoms with Crippen molar-refractivity contribution in [1.29, 1.82) is 0 Å². The van der Waals surface area contributed by atoms with Crippen LogP contribution in [0.25, 0.3) is 0 Å². The molecule has 2 aliphatic heterocycles. The van der Waals surface area contributed by atoms with E-state index in [1.165, 1.54) is 6.21 Å². The van der Waals surface area contributed by atoms with Crippen molar-refractivity contribution in [3.63, 3.8) is 0 Å². The predicted molar refractivity (Wildman–Crippen MR) is 85.5 cm³/mol. The number of amides is 1. The van der Waals surface area contributed by atoms with Crippen molar-refractivity contribution in [2.45, 2.75) is 12.8 Å². The van der Waals surface area contributed by atoms with Gasteiger partial charge in [-0.2, -0.15) is 0 Å². The Morgan fingerprint density at radius 2 is 2.13 bits per heavy atom. The number of hydrogen-bond acceptors (Lipinski definition) is 5. The first-order valence-electron chi connectivity index (χ1n) is 7.32. The number of carbonyl (C=O) groups is 2. The van der Waals surface area contributed by atoms with Crippen molar-refractivity contribution in [2.24, 2.45) is 4.99 Å². The molecule has 0 aliphatic carbocycles. The molecule has 0 saturated carbocycles.